The van der Waals surface area contributed by atoms with Gasteiger partial charge in [-0.1, -0.05) is 18.2 Å². The number of hydrogen-bond donors (Lipinski definition) is 1. The van der Waals surface area contributed by atoms with Gasteiger partial charge in [-0.3, -0.25) is 19.3 Å². The van der Waals surface area contributed by atoms with Gasteiger partial charge in [-0.15, -0.1) is 0 Å². The van der Waals surface area contributed by atoms with E-state index in [1.165, 1.54) is 0 Å². The molecule has 0 aliphatic carbocycles. The van der Waals surface area contributed by atoms with Crippen LogP contribution in [0.15, 0.2) is 30.3 Å². The largest absolute Gasteiger partial charge is 0.342 e. The molecule has 1 aliphatic heterocycles. The van der Waals surface area contributed by atoms with Crippen molar-refractivity contribution in [1.82, 2.24) is 20.0 Å². The van der Waals surface area contributed by atoms with Gasteiger partial charge in [0, 0.05) is 44.8 Å². The fourth-order valence-electron chi connectivity index (χ4n) is 3.42. The van der Waals surface area contributed by atoms with Crippen molar-refractivity contribution in [3.8, 4) is 0 Å². The summed E-state index contributed by atoms with van der Waals surface area (Å²) in [6.45, 7) is 10.2. The van der Waals surface area contributed by atoms with Gasteiger partial charge in [0.05, 0.1) is 6.54 Å². The second-order valence-corrected chi connectivity index (χ2v) is 7.08. The standard InChI is InChI=1S/C21H32N4O3/c1-4-24(5-2)19(26)16-23-12-9-13-25(15-14-23)21(28)17(3)22-20(27)18-10-7-6-8-11-18/h6-8,10-11,17H,4-5,9,12-16H2,1-3H3,(H,22,27). The summed E-state index contributed by atoms with van der Waals surface area (Å²) < 4.78 is 0. The summed E-state index contributed by atoms with van der Waals surface area (Å²) in [5.74, 6) is -0.197. The van der Waals surface area contributed by atoms with Crippen molar-refractivity contribution in [2.45, 2.75) is 33.2 Å². The molecule has 1 heterocycles. The van der Waals surface area contributed by atoms with E-state index >= 15 is 0 Å². The van der Waals surface area contributed by atoms with E-state index in [-0.39, 0.29) is 17.7 Å². The quantitative estimate of drug-likeness (QED) is 0.762. The van der Waals surface area contributed by atoms with Gasteiger partial charge in [0.15, 0.2) is 0 Å². The van der Waals surface area contributed by atoms with Gasteiger partial charge in [-0.2, -0.15) is 0 Å². The highest BCUT2D eigenvalue weighted by atomic mass is 16.2. The highest BCUT2D eigenvalue weighted by Crippen LogP contribution is 2.07. The first kappa shape index (κ1) is 21.9. The van der Waals surface area contributed by atoms with Gasteiger partial charge in [0.2, 0.25) is 11.8 Å². The normalized spacial score (nSPS) is 16.2. The molecule has 154 valence electrons. The molecule has 1 N–H and O–H groups in total. The predicted molar refractivity (Wildman–Crippen MR) is 109 cm³/mol. The molecular weight excluding hydrogens is 356 g/mol. The molecule has 1 unspecified atom stereocenters. The lowest BCUT2D eigenvalue weighted by Gasteiger charge is -2.26. The van der Waals surface area contributed by atoms with E-state index in [2.05, 4.69) is 10.2 Å². The Morgan fingerprint density at radius 2 is 1.71 bits per heavy atom. The summed E-state index contributed by atoms with van der Waals surface area (Å²) in [6, 6.07) is 8.30. The number of hydrogen-bond acceptors (Lipinski definition) is 4. The van der Waals surface area contributed by atoms with Crippen molar-refractivity contribution < 1.29 is 14.4 Å². The summed E-state index contributed by atoms with van der Waals surface area (Å²) in [5, 5.41) is 2.78. The van der Waals surface area contributed by atoms with Crippen molar-refractivity contribution in [3.63, 3.8) is 0 Å². The van der Waals surface area contributed by atoms with Crippen LogP contribution >= 0.6 is 0 Å². The molecule has 0 radical (unpaired) electrons. The van der Waals surface area contributed by atoms with Crippen LogP contribution in [0.25, 0.3) is 0 Å². The average molecular weight is 389 g/mol. The SMILES string of the molecule is CCN(CC)C(=O)CN1CCCN(C(=O)C(C)NC(=O)c2ccccc2)CC1. The minimum atomic E-state index is -0.587. The highest BCUT2D eigenvalue weighted by Gasteiger charge is 2.25. The van der Waals surface area contributed by atoms with Crippen LogP contribution in [0.5, 0.6) is 0 Å². The Bertz CT molecular complexity index is 661. The third-order valence-corrected chi connectivity index (χ3v) is 5.13. The van der Waals surface area contributed by atoms with Crippen molar-refractivity contribution in [2.24, 2.45) is 0 Å². The molecule has 1 aliphatic rings. The first-order valence-electron chi connectivity index (χ1n) is 10.1. The summed E-state index contributed by atoms with van der Waals surface area (Å²) >= 11 is 0. The number of likely N-dealkylation sites (N-methyl/N-ethyl adjacent to an activating group) is 1. The monoisotopic (exact) mass is 388 g/mol. The zero-order valence-corrected chi connectivity index (χ0v) is 17.2. The smallest absolute Gasteiger partial charge is 0.251 e. The van der Waals surface area contributed by atoms with Gasteiger partial charge in [-0.25, -0.2) is 0 Å². The molecule has 28 heavy (non-hydrogen) atoms. The molecule has 0 bridgehead atoms. The van der Waals surface area contributed by atoms with Crippen LogP contribution in [0.1, 0.15) is 37.6 Å². The molecule has 3 amide bonds. The minimum absolute atomic E-state index is 0.0822. The first-order valence-corrected chi connectivity index (χ1v) is 10.1. The molecule has 2 rings (SSSR count). The Kier molecular flexibility index (Phi) is 8.44. The van der Waals surface area contributed by atoms with Crippen LogP contribution in [-0.4, -0.2) is 84.3 Å². The van der Waals surface area contributed by atoms with Crippen LogP contribution in [0.4, 0.5) is 0 Å². The van der Waals surface area contributed by atoms with Crippen LogP contribution in [0.2, 0.25) is 0 Å². The summed E-state index contributed by atoms with van der Waals surface area (Å²) in [6.07, 6.45) is 0.816. The van der Waals surface area contributed by atoms with Gasteiger partial charge < -0.3 is 15.1 Å². The molecule has 0 saturated carbocycles. The molecule has 7 nitrogen and oxygen atoms in total. The number of nitrogens with one attached hydrogen (secondary N) is 1. The molecule has 0 aromatic heterocycles. The Balaban J connectivity index is 1.86. The Hall–Kier alpha value is -2.41. The lowest BCUT2D eigenvalue weighted by Crippen LogP contribution is -2.48. The van der Waals surface area contributed by atoms with Crippen LogP contribution in [0, 0.1) is 0 Å². The molecule has 1 aromatic rings. The van der Waals surface area contributed by atoms with E-state index in [1.54, 1.807) is 36.1 Å². The number of rotatable bonds is 7. The highest BCUT2D eigenvalue weighted by molar-refractivity contribution is 5.97. The Morgan fingerprint density at radius 1 is 1.04 bits per heavy atom. The summed E-state index contributed by atoms with van der Waals surface area (Å²) in [4.78, 5) is 43.1. The maximum atomic E-state index is 12.8. The van der Waals surface area contributed by atoms with Crippen LogP contribution < -0.4 is 5.32 Å². The maximum absolute atomic E-state index is 12.8. The lowest BCUT2D eigenvalue weighted by molar-refractivity contribution is -0.132. The zero-order chi connectivity index (χ0) is 20.5. The fourth-order valence-corrected chi connectivity index (χ4v) is 3.42. The van der Waals surface area contributed by atoms with Crippen molar-refractivity contribution in [2.75, 3.05) is 45.8 Å². The number of nitrogens with zero attached hydrogens (tertiary/aromatic N) is 3. The van der Waals surface area contributed by atoms with Crippen molar-refractivity contribution in [3.05, 3.63) is 35.9 Å². The van der Waals surface area contributed by atoms with E-state index in [4.69, 9.17) is 0 Å². The molecule has 1 aromatic carbocycles. The van der Waals surface area contributed by atoms with Gasteiger partial charge in [-0.05, 0) is 39.3 Å². The molecule has 1 atom stereocenters. The van der Waals surface area contributed by atoms with E-state index in [0.717, 1.165) is 13.0 Å². The topological polar surface area (TPSA) is 73.0 Å². The third-order valence-electron chi connectivity index (χ3n) is 5.13. The number of carbonyl (C=O) groups is 3. The summed E-state index contributed by atoms with van der Waals surface area (Å²) in [7, 11) is 0. The Labute approximate surface area is 167 Å². The lowest BCUT2D eigenvalue weighted by atomic mass is 10.2. The van der Waals surface area contributed by atoms with E-state index in [9.17, 15) is 14.4 Å². The Morgan fingerprint density at radius 3 is 2.36 bits per heavy atom. The average Bonchev–Trinajstić information content (AvgIpc) is 2.94. The molecule has 0 spiro atoms. The second kappa shape index (κ2) is 10.8. The number of amides is 3. The minimum Gasteiger partial charge on any atom is -0.342 e. The maximum Gasteiger partial charge on any atom is 0.251 e. The van der Waals surface area contributed by atoms with Crippen LogP contribution in [-0.2, 0) is 9.59 Å². The van der Waals surface area contributed by atoms with E-state index in [0.29, 0.717) is 44.8 Å². The number of carbonyl (C=O) groups excluding carboxylic acids is 3. The van der Waals surface area contributed by atoms with Gasteiger partial charge in [0.25, 0.3) is 5.91 Å². The fraction of sp³-hybridized carbons (Fsp3) is 0.571. The first-order chi connectivity index (χ1) is 13.5. The molecular formula is C21H32N4O3. The molecule has 7 heteroatoms. The molecule has 1 saturated heterocycles. The van der Waals surface area contributed by atoms with Gasteiger partial charge >= 0.3 is 0 Å². The van der Waals surface area contributed by atoms with Crippen LogP contribution in [0.3, 0.4) is 0 Å². The van der Waals surface area contributed by atoms with Crippen molar-refractivity contribution >= 4 is 17.7 Å². The zero-order valence-electron chi connectivity index (χ0n) is 17.2. The van der Waals surface area contributed by atoms with E-state index < -0.39 is 6.04 Å². The van der Waals surface area contributed by atoms with E-state index in [1.807, 2.05) is 24.8 Å². The predicted octanol–water partition coefficient (Wildman–Crippen LogP) is 1.21. The number of benzene rings is 1. The van der Waals surface area contributed by atoms with Crippen molar-refractivity contribution in [1.29, 1.82) is 0 Å². The van der Waals surface area contributed by atoms with Gasteiger partial charge in [0.1, 0.15) is 6.04 Å². The summed E-state index contributed by atoms with van der Waals surface area (Å²) in [5.41, 5.74) is 0.541. The second-order valence-electron chi connectivity index (χ2n) is 7.08. The third kappa shape index (κ3) is 6.05. The molecule has 1 fully saturated rings.